The lowest BCUT2D eigenvalue weighted by atomic mass is 9.95. The second-order valence-corrected chi connectivity index (χ2v) is 5.59. The van der Waals surface area contributed by atoms with Crippen LogP contribution in [0, 0.1) is 5.82 Å². The minimum absolute atomic E-state index is 0.0348. The maximum atomic E-state index is 13.3. The van der Waals surface area contributed by atoms with Crippen molar-refractivity contribution in [2.75, 3.05) is 26.3 Å². The quantitative estimate of drug-likeness (QED) is 0.862. The molecule has 5 heteroatoms. The standard InChI is InChI=1S/C15H19FN2O2/c16-12-3-1-2-11(8-12)15(4-5-15)10-18-14(19)13-9-20-7-6-17-13/h1-3,8,13,17H,4-7,9-10H2,(H,18,19). The van der Waals surface area contributed by atoms with Gasteiger partial charge in [-0.15, -0.1) is 0 Å². The minimum Gasteiger partial charge on any atom is -0.378 e. The first kappa shape index (κ1) is 13.5. The Labute approximate surface area is 117 Å². The number of ether oxygens (including phenoxy) is 1. The van der Waals surface area contributed by atoms with Crippen LogP contribution in [0.25, 0.3) is 0 Å². The number of rotatable bonds is 4. The molecule has 1 heterocycles. The van der Waals surface area contributed by atoms with E-state index in [0.29, 0.717) is 26.3 Å². The van der Waals surface area contributed by atoms with E-state index in [1.807, 2.05) is 6.07 Å². The van der Waals surface area contributed by atoms with Crippen LogP contribution < -0.4 is 10.6 Å². The highest BCUT2D eigenvalue weighted by molar-refractivity contribution is 5.82. The fraction of sp³-hybridized carbons (Fsp3) is 0.533. The van der Waals surface area contributed by atoms with Gasteiger partial charge in [0.2, 0.25) is 5.91 Å². The Kier molecular flexibility index (Phi) is 3.72. The molecule has 1 aliphatic heterocycles. The largest absolute Gasteiger partial charge is 0.378 e. The van der Waals surface area contributed by atoms with Crippen molar-refractivity contribution < 1.29 is 13.9 Å². The third kappa shape index (κ3) is 2.83. The minimum atomic E-state index is -0.271. The zero-order valence-corrected chi connectivity index (χ0v) is 11.3. The Morgan fingerprint density at radius 2 is 2.35 bits per heavy atom. The predicted molar refractivity (Wildman–Crippen MR) is 72.9 cm³/mol. The number of hydrogen-bond acceptors (Lipinski definition) is 3. The summed E-state index contributed by atoms with van der Waals surface area (Å²) in [6, 6.07) is 6.41. The molecule has 4 nitrogen and oxygen atoms in total. The molecule has 1 saturated heterocycles. The normalized spacial score (nSPS) is 24.1. The van der Waals surface area contributed by atoms with Gasteiger partial charge in [-0.05, 0) is 30.5 Å². The second-order valence-electron chi connectivity index (χ2n) is 5.59. The summed E-state index contributed by atoms with van der Waals surface area (Å²) in [4.78, 5) is 12.0. The number of hydrogen-bond donors (Lipinski definition) is 2. The van der Waals surface area contributed by atoms with Gasteiger partial charge in [-0.1, -0.05) is 12.1 Å². The first-order valence-corrected chi connectivity index (χ1v) is 7.05. The van der Waals surface area contributed by atoms with Crippen LogP contribution in [0.4, 0.5) is 4.39 Å². The molecule has 1 atom stereocenters. The third-order valence-electron chi connectivity index (χ3n) is 4.13. The average Bonchev–Trinajstić information content (AvgIpc) is 3.27. The molecular weight excluding hydrogens is 259 g/mol. The molecule has 0 radical (unpaired) electrons. The number of carbonyl (C=O) groups excluding carboxylic acids is 1. The van der Waals surface area contributed by atoms with Crippen LogP contribution >= 0.6 is 0 Å². The highest BCUT2D eigenvalue weighted by atomic mass is 19.1. The Bertz CT molecular complexity index is 496. The van der Waals surface area contributed by atoms with E-state index >= 15 is 0 Å². The van der Waals surface area contributed by atoms with Crippen molar-refractivity contribution in [3.8, 4) is 0 Å². The highest BCUT2D eigenvalue weighted by Crippen LogP contribution is 2.47. The number of benzene rings is 1. The van der Waals surface area contributed by atoms with E-state index in [0.717, 1.165) is 18.4 Å². The molecule has 2 aliphatic rings. The lowest BCUT2D eigenvalue weighted by molar-refractivity contribution is -0.126. The summed E-state index contributed by atoms with van der Waals surface area (Å²) in [5.41, 5.74) is 0.901. The van der Waals surface area contributed by atoms with Crippen LogP contribution in [0.3, 0.4) is 0 Å². The van der Waals surface area contributed by atoms with Gasteiger partial charge in [0.1, 0.15) is 11.9 Å². The predicted octanol–water partition coefficient (Wildman–Crippen LogP) is 0.962. The molecule has 1 saturated carbocycles. The van der Waals surface area contributed by atoms with Gasteiger partial charge < -0.3 is 15.4 Å². The molecule has 108 valence electrons. The van der Waals surface area contributed by atoms with E-state index < -0.39 is 0 Å². The summed E-state index contributed by atoms with van der Waals surface area (Å²) in [7, 11) is 0. The van der Waals surface area contributed by atoms with Gasteiger partial charge in [0, 0.05) is 18.5 Å². The molecule has 2 N–H and O–H groups in total. The maximum Gasteiger partial charge on any atom is 0.239 e. The second kappa shape index (κ2) is 5.50. The fourth-order valence-electron chi connectivity index (χ4n) is 2.65. The Hall–Kier alpha value is -1.46. The van der Waals surface area contributed by atoms with Crippen LogP contribution in [-0.2, 0) is 14.9 Å². The third-order valence-corrected chi connectivity index (χ3v) is 4.13. The smallest absolute Gasteiger partial charge is 0.239 e. The first-order chi connectivity index (χ1) is 9.70. The molecule has 1 aliphatic carbocycles. The SMILES string of the molecule is O=C(NCC1(c2cccc(F)c2)CC1)C1COCCN1. The topological polar surface area (TPSA) is 50.4 Å². The van der Waals surface area contributed by atoms with Crippen molar-refractivity contribution >= 4 is 5.91 Å². The van der Waals surface area contributed by atoms with Crippen molar-refractivity contribution in [1.29, 1.82) is 0 Å². The van der Waals surface area contributed by atoms with E-state index in [-0.39, 0.29) is 23.2 Å². The van der Waals surface area contributed by atoms with E-state index in [2.05, 4.69) is 10.6 Å². The average molecular weight is 278 g/mol. The summed E-state index contributed by atoms with van der Waals surface area (Å²) < 4.78 is 18.6. The number of carbonyl (C=O) groups is 1. The van der Waals surface area contributed by atoms with Crippen LogP contribution in [0.1, 0.15) is 18.4 Å². The fourth-order valence-corrected chi connectivity index (χ4v) is 2.65. The Balaban J connectivity index is 1.59. The van der Waals surface area contributed by atoms with Crippen molar-refractivity contribution in [2.24, 2.45) is 0 Å². The van der Waals surface area contributed by atoms with Crippen LogP contribution in [0.5, 0.6) is 0 Å². The van der Waals surface area contributed by atoms with Gasteiger partial charge in [-0.25, -0.2) is 4.39 Å². The summed E-state index contributed by atoms with van der Waals surface area (Å²) in [5.74, 6) is -0.255. The monoisotopic (exact) mass is 278 g/mol. The van der Waals surface area contributed by atoms with Gasteiger partial charge >= 0.3 is 0 Å². The summed E-state index contributed by atoms with van der Waals surface area (Å²) in [6.45, 7) is 2.33. The van der Waals surface area contributed by atoms with E-state index in [1.165, 1.54) is 6.07 Å². The molecule has 3 rings (SSSR count). The van der Waals surface area contributed by atoms with E-state index in [4.69, 9.17) is 4.74 Å². The first-order valence-electron chi connectivity index (χ1n) is 7.05. The molecular formula is C15H19FN2O2. The van der Waals surface area contributed by atoms with Gasteiger partial charge in [0.15, 0.2) is 0 Å². The lowest BCUT2D eigenvalue weighted by Crippen LogP contribution is -2.52. The van der Waals surface area contributed by atoms with Crippen molar-refractivity contribution in [3.63, 3.8) is 0 Å². The molecule has 0 aromatic heterocycles. The van der Waals surface area contributed by atoms with Crippen LogP contribution in [-0.4, -0.2) is 38.3 Å². The number of halogens is 1. The van der Waals surface area contributed by atoms with Crippen molar-refractivity contribution in [2.45, 2.75) is 24.3 Å². The van der Waals surface area contributed by atoms with Crippen LogP contribution in [0.15, 0.2) is 24.3 Å². The molecule has 1 aromatic carbocycles. The Morgan fingerprint density at radius 1 is 1.50 bits per heavy atom. The number of nitrogens with one attached hydrogen (secondary N) is 2. The van der Waals surface area contributed by atoms with Crippen LogP contribution in [0.2, 0.25) is 0 Å². The van der Waals surface area contributed by atoms with Gasteiger partial charge in [0.25, 0.3) is 0 Å². The van der Waals surface area contributed by atoms with Gasteiger partial charge in [-0.2, -0.15) is 0 Å². The van der Waals surface area contributed by atoms with Gasteiger partial charge in [0.05, 0.1) is 13.2 Å². The Morgan fingerprint density at radius 3 is 3.00 bits per heavy atom. The summed E-state index contributed by atoms with van der Waals surface area (Å²) in [5, 5.41) is 6.10. The van der Waals surface area contributed by atoms with Crippen molar-refractivity contribution in [1.82, 2.24) is 10.6 Å². The molecule has 1 aromatic rings. The van der Waals surface area contributed by atoms with E-state index in [9.17, 15) is 9.18 Å². The lowest BCUT2D eigenvalue weighted by Gasteiger charge is -2.24. The van der Waals surface area contributed by atoms with E-state index in [1.54, 1.807) is 12.1 Å². The number of amides is 1. The molecule has 2 fully saturated rings. The summed E-state index contributed by atoms with van der Waals surface area (Å²) in [6.07, 6.45) is 1.98. The van der Waals surface area contributed by atoms with Crippen molar-refractivity contribution in [3.05, 3.63) is 35.6 Å². The molecule has 0 bridgehead atoms. The molecule has 1 unspecified atom stereocenters. The molecule has 20 heavy (non-hydrogen) atoms. The zero-order chi connectivity index (χ0) is 14.0. The van der Waals surface area contributed by atoms with Gasteiger partial charge in [-0.3, -0.25) is 4.79 Å². The number of morpholine rings is 1. The highest BCUT2D eigenvalue weighted by Gasteiger charge is 2.44. The zero-order valence-electron chi connectivity index (χ0n) is 11.3. The molecule has 1 amide bonds. The maximum absolute atomic E-state index is 13.3. The summed E-state index contributed by atoms with van der Waals surface area (Å²) >= 11 is 0. The molecule has 0 spiro atoms.